The SMILES string of the molecule is COc1ccc(C(=O)N2CCCC(=O)N[C@H](CC(C)C)C(=O)N[C@H](C)c3nc(-c4ccccc4)nn3CC2)c(OC)n1. The summed E-state index contributed by atoms with van der Waals surface area (Å²) in [5.74, 6) is 0.917. The first-order chi connectivity index (χ1) is 20.2. The number of carbonyl (C=O) groups excluding carboxylic acids is 3. The molecule has 4 rings (SSSR count). The van der Waals surface area contributed by atoms with Crippen LogP contribution in [0.25, 0.3) is 11.4 Å². The Bertz CT molecular complexity index is 1390. The Morgan fingerprint density at radius 3 is 2.45 bits per heavy atom. The number of benzene rings is 1. The number of methoxy groups -OCH3 is 2. The standard InChI is InChI=1S/C30H39N7O5/c1-19(2)18-23-28(39)31-20(3)27-34-26(21-10-7-6-8-11-21)35-37(27)17-16-36(15-9-12-24(38)32-23)30(40)22-13-14-25(41-4)33-29(22)42-5/h6-8,10-11,13-14,19-20,23H,9,12,15-18H2,1-5H3,(H,31,39)(H,32,38)/t20-,23-/m1/s1. The van der Waals surface area contributed by atoms with Gasteiger partial charge in [-0.25, -0.2) is 9.67 Å². The summed E-state index contributed by atoms with van der Waals surface area (Å²) in [4.78, 5) is 50.7. The van der Waals surface area contributed by atoms with Crippen LogP contribution in [0.1, 0.15) is 62.3 Å². The highest BCUT2D eigenvalue weighted by Crippen LogP contribution is 2.23. The number of nitrogens with one attached hydrogen (secondary N) is 2. The van der Waals surface area contributed by atoms with Crippen LogP contribution in [0.15, 0.2) is 42.5 Å². The van der Waals surface area contributed by atoms with Gasteiger partial charge in [0.25, 0.3) is 5.91 Å². The molecule has 2 N–H and O–H groups in total. The number of amides is 3. The fourth-order valence-electron chi connectivity index (χ4n) is 4.88. The van der Waals surface area contributed by atoms with Crippen molar-refractivity contribution in [2.24, 2.45) is 5.92 Å². The second-order valence-corrected chi connectivity index (χ2v) is 10.7. The molecule has 3 amide bonds. The lowest BCUT2D eigenvalue weighted by Gasteiger charge is -2.26. The monoisotopic (exact) mass is 577 g/mol. The second kappa shape index (κ2) is 13.9. The average Bonchev–Trinajstić information content (AvgIpc) is 3.42. The van der Waals surface area contributed by atoms with Crippen LogP contribution >= 0.6 is 0 Å². The summed E-state index contributed by atoms with van der Waals surface area (Å²) in [6.45, 7) is 6.73. The number of nitrogens with zero attached hydrogens (tertiary/aromatic N) is 5. The molecular weight excluding hydrogens is 538 g/mol. The first-order valence-corrected chi connectivity index (χ1v) is 14.2. The van der Waals surface area contributed by atoms with E-state index in [1.54, 1.807) is 21.7 Å². The maximum absolute atomic E-state index is 13.8. The van der Waals surface area contributed by atoms with Crippen LogP contribution in [0.5, 0.6) is 11.8 Å². The third-order valence-corrected chi connectivity index (χ3v) is 7.01. The third kappa shape index (κ3) is 7.42. The van der Waals surface area contributed by atoms with Gasteiger partial charge in [-0.05, 0) is 31.7 Å². The third-order valence-electron chi connectivity index (χ3n) is 7.01. The molecule has 12 heteroatoms. The van der Waals surface area contributed by atoms with Crippen molar-refractivity contribution in [3.8, 4) is 23.1 Å². The van der Waals surface area contributed by atoms with Crippen molar-refractivity contribution in [3.63, 3.8) is 0 Å². The Morgan fingerprint density at radius 2 is 1.76 bits per heavy atom. The van der Waals surface area contributed by atoms with Gasteiger partial charge in [-0.2, -0.15) is 10.1 Å². The number of fused-ring (bicyclic) bond motifs is 1. The lowest BCUT2D eigenvalue weighted by Crippen LogP contribution is -2.48. The van der Waals surface area contributed by atoms with Crippen molar-refractivity contribution in [2.75, 3.05) is 27.3 Å². The van der Waals surface area contributed by atoms with Gasteiger partial charge in [0.05, 0.1) is 26.8 Å². The highest BCUT2D eigenvalue weighted by atomic mass is 16.5. The van der Waals surface area contributed by atoms with E-state index in [2.05, 4.69) is 15.6 Å². The van der Waals surface area contributed by atoms with Crippen LogP contribution in [-0.2, 0) is 16.1 Å². The van der Waals surface area contributed by atoms with Gasteiger partial charge in [0.2, 0.25) is 23.6 Å². The molecule has 0 saturated carbocycles. The molecule has 1 aliphatic rings. The van der Waals surface area contributed by atoms with Crippen molar-refractivity contribution >= 4 is 17.7 Å². The van der Waals surface area contributed by atoms with E-state index < -0.39 is 12.1 Å². The number of carbonyl (C=O) groups is 3. The van der Waals surface area contributed by atoms with Crippen LogP contribution in [-0.4, -0.2) is 75.7 Å². The smallest absolute Gasteiger partial charge is 0.259 e. The molecule has 0 spiro atoms. The van der Waals surface area contributed by atoms with E-state index in [9.17, 15) is 14.4 Å². The van der Waals surface area contributed by atoms with E-state index in [0.29, 0.717) is 43.5 Å². The number of aromatic nitrogens is 4. The van der Waals surface area contributed by atoms with Gasteiger partial charge in [0.1, 0.15) is 17.4 Å². The van der Waals surface area contributed by atoms with Gasteiger partial charge in [0.15, 0.2) is 5.82 Å². The van der Waals surface area contributed by atoms with Crippen LogP contribution in [0.4, 0.5) is 0 Å². The van der Waals surface area contributed by atoms with E-state index in [-0.39, 0.29) is 48.0 Å². The Hall–Kier alpha value is -4.48. The van der Waals surface area contributed by atoms with Gasteiger partial charge < -0.3 is 25.0 Å². The highest BCUT2D eigenvalue weighted by molar-refractivity contribution is 5.96. The van der Waals surface area contributed by atoms with Gasteiger partial charge in [-0.3, -0.25) is 14.4 Å². The Labute approximate surface area is 245 Å². The Morgan fingerprint density at radius 1 is 1.00 bits per heavy atom. The van der Waals surface area contributed by atoms with Gasteiger partial charge in [0, 0.05) is 31.1 Å². The summed E-state index contributed by atoms with van der Waals surface area (Å²) in [5, 5.41) is 10.7. The molecule has 3 aromatic rings. The second-order valence-electron chi connectivity index (χ2n) is 10.7. The van der Waals surface area contributed by atoms with Crippen LogP contribution in [0.2, 0.25) is 0 Å². The summed E-state index contributed by atoms with van der Waals surface area (Å²) in [7, 11) is 2.94. The van der Waals surface area contributed by atoms with Crippen LogP contribution in [0.3, 0.4) is 0 Å². The lowest BCUT2D eigenvalue weighted by molar-refractivity contribution is -0.129. The predicted octanol–water partition coefficient (Wildman–Crippen LogP) is 3.00. The maximum Gasteiger partial charge on any atom is 0.259 e. The minimum absolute atomic E-state index is 0.150. The molecule has 0 radical (unpaired) electrons. The Balaban J connectivity index is 1.70. The summed E-state index contributed by atoms with van der Waals surface area (Å²) >= 11 is 0. The molecule has 0 fully saturated rings. The summed E-state index contributed by atoms with van der Waals surface area (Å²) in [5.41, 5.74) is 1.12. The molecule has 2 aromatic heterocycles. The largest absolute Gasteiger partial charge is 0.481 e. The predicted molar refractivity (Wildman–Crippen MR) is 156 cm³/mol. The zero-order chi connectivity index (χ0) is 30.2. The molecule has 0 aliphatic carbocycles. The van der Waals surface area contributed by atoms with E-state index >= 15 is 0 Å². The van der Waals surface area contributed by atoms with E-state index in [1.807, 2.05) is 51.1 Å². The fraction of sp³-hybridized carbons (Fsp3) is 0.467. The van der Waals surface area contributed by atoms with E-state index in [0.717, 1.165) is 5.56 Å². The molecule has 0 unspecified atom stereocenters. The number of hydrogen-bond acceptors (Lipinski definition) is 8. The van der Waals surface area contributed by atoms with Crippen molar-refractivity contribution in [3.05, 3.63) is 53.9 Å². The molecule has 2 atom stereocenters. The van der Waals surface area contributed by atoms with Crippen LogP contribution in [0, 0.1) is 5.92 Å². The molecule has 0 saturated heterocycles. The topological polar surface area (TPSA) is 141 Å². The Kier molecular flexibility index (Phi) is 10.1. The number of pyridine rings is 1. The van der Waals surface area contributed by atoms with Gasteiger partial charge >= 0.3 is 0 Å². The zero-order valence-corrected chi connectivity index (χ0v) is 24.8. The van der Waals surface area contributed by atoms with E-state index in [1.165, 1.54) is 14.2 Å². The summed E-state index contributed by atoms with van der Waals surface area (Å²) in [6, 6.07) is 11.6. The van der Waals surface area contributed by atoms with Gasteiger partial charge in [-0.15, -0.1) is 0 Å². The molecule has 1 aromatic carbocycles. The van der Waals surface area contributed by atoms with E-state index in [4.69, 9.17) is 19.6 Å². The fourth-order valence-corrected chi connectivity index (χ4v) is 4.88. The minimum atomic E-state index is -0.694. The normalized spacial score (nSPS) is 18.5. The average molecular weight is 578 g/mol. The molecule has 42 heavy (non-hydrogen) atoms. The molecule has 0 bridgehead atoms. The van der Waals surface area contributed by atoms with Crippen molar-refractivity contribution in [1.82, 2.24) is 35.3 Å². The molecule has 12 nitrogen and oxygen atoms in total. The first-order valence-electron chi connectivity index (χ1n) is 14.2. The molecular formula is C30H39N7O5. The molecule has 3 heterocycles. The molecule has 224 valence electrons. The summed E-state index contributed by atoms with van der Waals surface area (Å²) in [6.07, 6.45) is 1.04. The van der Waals surface area contributed by atoms with Crippen molar-refractivity contribution in [1.29, 1.82) is 0 Å². The van der Waals surface area contributed by atoms with Gasteiger partial charge in [-0.1, -0.05) is 44.2 Å². The zero-order valence-electron chi connectivity index (χ0n) is 24.8. The van der Waals surface area contributed by atoms with Crippen LogP contribution < -0.4 is 20.1 Å². The number of rotatable bonds is 6. The number of hydrogen-bond donors (Lipinski definition) is 2. The number of ether oxygens (including phenoxy) is 2. The molecule has 1 aliphatic heterocycles. The maximum atomic E-state index is 13.8. The quantitative estimate of drug-likeness (QED) is 0.456. The van der Waals surface area contributed by atoms with Crippen molar-refractivity contribution in [2.45, 2.75) is 58.7 Å². The lowest BCUT2D eigenvalue weighted by atomic mass is 10.0. The van der Waals surface area contributed by atoms with Crippen molar-refractivity contribution < 1.29 is 23.9 Å². The highest BCUT2D eigenvalue weighted by Gasteiger charge is 2.28. The first kappa shape index (κ1) is 30.5. The summed E-state index contributed by atoms with van der Waals surface area (Å²) < 4.78 is 12.3. The minimum Gasteiger partial charge on any atom is -0.481 e.